The summed E-state index contributed by atoms with van der Waals surface area (Å²) in [6.45, 7) is 0. The van der Waals surface area contributed by atoms with Gasteiger partial charge in [0.15, 0.2) is 0 Å². The summed E-state index contributed by atoms with van der Waals surface area (Å²) in [5, 5.41) is 0. The van der Waals surface area contributed by atoms with Crippen LogP contribution in [0.1, 0.15) is 41.5 Å². The van der Waals surface area contributed by atoms with E-state index in [-0.39, 0.29) is 0 Å². The molecule has 0 heterocycles. The van der Waals surface area contributed by atoms with Crippen LogP contribution in [0.3, 0.4) is 0 Å². The Morgan fingerprint density at radius 2 is 0.880 bits per heavy atom. The van der Waals surface area contributed by atoms with E-state index in [9.17, 15) is 0 Å². The summed E-state index contributed by atoms with van der Waals surface area (Å²) in [4.78, 5) is 0. The summed E-state index contributed by atoms with van der Waals surface area (Å²) >= 11 is 36.2. The van der Waals surface area contributed by atoms with Gasteiger partial charge in [0.2, 0.25) is 7.59 Å². The molecule has 0 saturated carbocycles. The van der Waals surface area contributed by atoms with E-state index in [1.165, 1.54) is 0 Å². The molecule has 0 bridgehead atoms. The second-order valence-electron chi connectivity index (χ2n) is 5.87. The molecular weight excluding hydrogens is 441 g/mol. The highest BCUT2D eigenvalue weighted by Gasteiger charge is 2.26. The van der Waals surface area contributed by atoms with Crippen molar-refractivity contribution in [2.75, 3.05) is 0 Å². The van der Waals surface area contributed by atoms with Gasteiger partial charge in [-0.25, -0.2) is 0 Å². The molecule has 0 radical (unpaired) electrons. The molecular formula is C19H18Cl6. The first-order chi connectivity index (χ1) is 11.7. The third kappa shape index (κ3) is 6.69. The highest BCUT2D eigenvalue weighted by atomic mass is 35.6. The van der Waals surface area contributed by atoms with Gasteiger partial charge in [-0.2, -0.15) is 0 Å². The summed E-state index contributed by atoms with van der Waals surface area (Å²) in [6.07, 6.45) is 4.80. The molecule has 6 heteroatoms. The number of halogens is 6. The maximum Gasteiger partial charge on any atom is 0.216 e. The number of alkyl halides is 6. The van der Waals surface area contributed by atoms with Gasteiger partial charge in [0.1, 0.15) is 0 Å². The van der Waals surface area contributed by atoms with Gasteiger partial charge >= 0.3 is 0 Å². The fourth-order valence-corrected chi connectivity index (χ4v) is 3.94. The molecule has 0 aliphatic heterocycles. The SMILES string of the molecule is ClC(Cl)(Cl)c1ccccc1CCCCCc1ccccc1C(Cl)(Cl)Cl. The molecule has 0 fully saturated rings. The first kappa shape index (κ1) is 21.5. The number of unbranched alkanes of at least 4 members (excludes halogenated alkanes) is 2. The summed E-state index contributed by atoms with van der Waals surface area (Å²) < 4.78 is -2.78. The molecule has 0 saturated heterocycles. The molecule has 0 aliphatic carbocycles. The molecule has 0 aliphatic rings. The van der Waals surface area contributed by atoms with E-state index in [1.54, 1.807) is 0 Å². The largest absolute Gasteiger partial charge is 0.216 e. The predicted molar refractivity (Wildman–Crippen MR) is 113 cm³/mol. The summed E-state index contributed by atoms with van der Waals surface area (Å²) in [7, 11) is 0. The van der Waals surface area contributed by atoms with Crippen molar-refractivity contribution < 1.29 is 0 Å². The van der Waals surface area contributed by atoms with Gasteiger partial charge < -0.3 is 0 Å². The van der Waals surface area contributed by atoms with E-state index in [0.29, 0.717) is 0 Å². The van der Waals surface area contributed by atoms with Crippen LogP contribution in [-0.4, -0.2) is 0 Å². The van der Waals surface area contributed by atoms with E-state index in [2.05, 4.69) is 0 Å². The van der Waals surface area contributed by atoms with Crippen molar-refractivity contribution in [2.24, 2.45) is 0 Å². The van der Waals surface area contributed by atoms with Crippen LogP contribution in [0.4, 0.5) is 0 Å². The first-order valence-corrected chi connectivity index (χ1v) is 10.3. The molecule has 25 heavy (non-hydrogen) atoms. The van der Waals surface area contributed by atoms with Crippen LogP contribution in [0.15, 0.2) is 48.5 Å². The second kappa shape index (κ2) is 9.40. The zero-order chi connectivity index (χ0) is 18.5. The number of aryl methyl sites for hydroxylation is 2. The molecule has 0 amide bonds. The molecule has 0 unspecified atom stereocenters. The Bertz CT molecular complexity index is 625. The normalized spacial score (nSPS) is 12.4. The maximum atomic E-state index is 6.04. The minimum absolute atomic E-state index is 0.751. The van der Waals surface area contributed by atoms with Crippen molar-refractivity contribution in [3.8, 4) is 0 Å². The monoisotopic (exact) mass is 456 g/mol. The van der Waals surface area contributed by atoms with Gasteiger partial charge in [0, 0.05) is 11.1 Å². The third-order valence-electron chi connectivity index (χ3n) is 4.04. The van der Waals surface area contributed by atoms with Gasteiger partial charge in [-0.3, -0.25) is 0 Å². The van der Waals surface area contributed by atoms with Crippen molar-refractivity contribution in [3.63, 3.8) is 0 Å². The number of hydrogen-bond acceptors (Lipinski definition) is 0. The molecule has 0 aromatic heterocycles. The van der Waals surface area contributed by atoms with Crippen molar-refractivity contribution in [2.45, 2.75) is 39.7 Å². The Hall–Kier alpha value is 0.180. The third-order valence-corrected chi connectivity index (χ3v) is 5.26. The standard InChI is InChI=1S/C19H18Cl6/c20-18(21,22)16-12-6-4-10-14(16)8-2-1-3-9-15-11-5-7-13-17(15)19(23,24)25/h4-7,10-13H,1-3,8-9H2. The Morgan fingerprint density at radius 3 is 1.24 bits per heavy atom. The lowest BCUT2D eigenvalue weighted by Crippen LogP contribution is -2.06. The van der Waals surface area contributed by atoms with Crippen LogP contribution >= 0.6 is 69.6 Å². The van der Waals surface area contributed by atoms with Gasteiger partial charge in [0.25, 0.3) is 0 Å². The van der Waals surface area contributed by atoms with Crippen LogP contribution < -0.4 is 0 Å². The summed E-state index contributed by atoms with van der Waals surface area (Å²) in [5.74, 6) is 0. The molecule has 0 atom stereocenters. The highest BCUT2D eigenvalue weighted by Crippen LogP contribution is 2.41. The van der Waals surface area contributed by atoms with Crippen LogP contribution in [0.5, 0.6) is 0 Å². The average molecular weight is 459 g/mol. The average Bonchev–Trinajstić information content (AvgIpc) is 2.53. The van der Waals surface area contributed by atoms with Crippen LogP contribution in [-0.2, 0) is 20.4 Å². The van der Waals surface area contributed by atoms with Gasteiger partial charge in [-0.1, -0.05) is 125 Å². The first-order valence-electron chi connectivity index (χ1n) is 8.00. The fourth-order valence-electron chi connectivity index (χ4n) is 2.84. The summed E-state index contributed by atoms with van der Waals surface area (Å²) in [5.41, 5.74) is 3.65. The van der Waals surface area contributed by atoms with E-state index in [4.69, 9.17) is 69.6 Å². The van der Waals surface area contributed by atoms with Crippen molar-refractivity contribution in [3.05, 3.63) is 70.8 Å². The smallest absolute Gasteiger partial charge is 0.0784 e. The Balaban J connectivity index is 1.88. The van der Waals surface area contributed by atoms with E-state index in [1.807, 2.05) is 48.5 Å². The Kier molecular flexibility index (Phi) is 8.08. The minimum Gasteiger partial charge on any atom is -0.0784 e. The number of benzene rings is 2. The van der Waals surface area contributed by atoms with Crippen molar-refractivity contribution in [1.82, 2.24) is 0 Å². The van der Waals surface area contributed by atoms with Crippen molar-refractivity contribution in [1.29, 1.82) is 0 Å². The number of rotatable bonds is 6. The van der Waals surface area contributed by atoms with Gasteiger partial charge in [-0.15, -0.1) is 0 Å². The number of hydrogen-bond donors (Lipinski definition) is 0. The lowest BCUT2D eigenvalue weighted by Gasteiger charge is -2.17. The topological polar surface area (TPSA) is 0 Å². The molecule has 136 valence electrons. The second-order valence-corrected chi connectivity index (χ2v) is 10.4. The lowest BCUT2D eigenvalue weighted by molar-refractivity contribution is 0.674. The summed E-state index contributed by atoms with van der Waals surface area (Å²) in [6, 6.07) is 15.4. The van der Waals surface area contributed by atoms with Crippen molar-refractivity contribution >= 4 is 69.6 Å². The van der Waals surface area contributed by atoms with Crippen LogP contribution in [0.2, 0.25) is 0 Å². The van der Waals surface area contributed by atoms with Crippen LogP contribution in [0, 0.1) is 0 Å². The highest BCUT2D eigenvalue weighted by molar-refractivity contribution is 6.67. The predicted octanol–water partition coefficient (Wildman–Crippen LogP) is 8.30. The maximum absolute atomic E-state index is 6.04. The molecule has 2 aromatic rings. The van der Waals surface area contributed by atoms with Gasteiger partial charge in [-0.05, 0) is 36.8 Å². The Morgan fingerprint density at radius 1 is 0.520 bits per heavy atom. The molecule has 2 aromatic carbocycles. The fraction of sp³-hybridized carbons (Fsp3) is 0.368. The molecule has 0 nitrogen and oxygen atoms in total. The van der Waals surface area contributed by atoms with E-state index < -0.39 is 7.59 Å². The lowest BCUT2D eigenvalue weighted by atomic mass is 9.99. The molecule has 0 N–H and O–H groups in total. The molecule has 0 spiro atoms. The van der Waals surface area contributed by atoms with E-state index in [0.717, 1.165) is 54.4 Å². The molecule has 2 rings (SSSR count). The van der Waals surface area contributed by atoms with Crippen LogP contribution in [0.25, 0.3) is 0 Å². The zero-order valence-corrected chi connectivity index (χ0v) is 18.0. The Labute approximate surface area is 179 Å². The quantitative estimate of drug-likeness (QED) is 0.301. The van der Waals surface area contributed by atoms with E-state index >= 15 is 0 Å². The van der Waals surface area contributed by atoms with Gasteiger partial charge in [0.05, 0.1) is 0 Å². The zero-order valence-electron chi connectivity index (χ0n) is 13.4. The minimum atomic E-state index is -1.39.